The van der Waals surface area contributed by atoms with Crippen molar-refractivity contribution in [2.24, 2.45) is 7.05 Å². The third-order valence-corrected chi connectivity index (χ3v) is 5.41. The number of nitrogens with zero attached hydrogens (tertiary/aromatic N) is 1. The predicted octanol–water partition coefficient (Wildman–Crippen LogP) is 2.90. The number of carbonyl (C=O) groups excluding carboxylic acids is 1. The first-order valence-electron chi connectivity index (χ1n) is 9.26. The lowest BCUT2D eigenvalue weighted by Crippen LogP contribution is -2.36. The van der Waals surface area contributed by atoms with Crippen molar-refractivity contribution in [2.45, 2.75) is 6.54 Å². The van der Waals surface area contributed by atoms with Crippen molar-refractivity contribution in [2.75, 3.05) is 0 Å². The Labute approximate surface area is 164 Å². The summed E-state index contributed by atoms with van der Waals surface area (Å²) in [7, 11) is 1.48. The average molecular weight is 383 g/mol. The molecule has 6 nitrogen and oxygen atoms in total. The fourth-order valence-electron chi connectivity index (χ4n) is 3.95. The number of hydrogen-bond acceptors (Lipinski definition) is 3. The molecule has 1 amide bonds. The number of aryl methyl sites for hydroxylation is 1. The topological polar surface area (TPSA) is 84.0 Å². The maximum Gasteiger partial charge on any atom is 0.328 e. The molecule has 0 atom stereocenters. The zero-order valence-corrected chi connectivity index (χ0v) is 15.7. The maximum atomic E-state index is 12.5. The number of rotatable bonds is 3. The molecule has 6 heteroatoms. The van der Waals surface area contributed by atoms with Crippen molar-refractivity contribution in [3.63, 3.8) is 0 Å². The van der Waals surface area contributed by atoms with E-state index in [1.807, 2.05) is 12.1 Å². The minimum absolute atomic E-state index is 0.0928. The second kappa shape index (κ2) is 6.31. The first-order valence-corrected chi connectivity index (χ1v) is 9.26. The second-order valence-electron chi connectivity index (χ2n) is 7.18. The lowest BCUT2D eigenvalue weighted by atomic mass is 9.92. The zero-order valence-electron chi connectivity index (χ0n) is 15.7. The highest BCUT2D eigenvalue weighted by Crippen LogP contribution is 2.35. The Morgan fingerprint density at radius 3 is 2.34 bits per heavy atom. The highest BCUT2D eigenvalue weighted by atomic mass is 16.2. The third-order valence-electron chi connectivity index (χ3n) is 5.41. The Kier molecular flexibility index (Phi) is 3.74. The average Bonchev–Trinajstić information content (AvgIpc) is 2.73. The maximum absolute atomic E-state index is 12.5. The number of aromatic nitrogens is 2. The van der Waals surface area contributed by atoms with E-state index in [-0.39, 0.29) is 12.1 Å². The second-order valence-corrected chi connectivity index (χ2v) is 7.18. The molecule has 4 aromatic carbocycles. The Morgan fingerprint density at radius 2 is 1.59 bits per heavy atom. The smallest absolute Gasteiger partial charge is 0.328 e. The predicted molar refractivity (Wildman–Crippen MR) is 114 cm³/mol. The molecule has 0 aliphatic heterocycles. The molecule has 1 heterocycles. The van der Waals surface area contributed by atoms with Gasteiger partial charge in [-0.05, 0) is 37.9 Å². The molecule has 0 saturated carbocycles. The van der Waals surface area contributed by atoms with E-state index in [0.29, 0.717) is 0 Å². The molecule has 0 fully saturated rings. The van der Waals surface area contributed by atoms with E-state index in [0.717, 1.165) is 16.3 Å². The molecule has 2 N–H and O–H groups in total. The van der Waals surface area contributed by atoms with E-state index >= 15 is 0 Å². The fraction of sp³-hybridized carbons (Fsp3) is 0.0870. The monoisotopic (exact) mass is 383 g/mol. The molecule has 0 radical (unpaired) electrons. The Hall–Kier alpha value is -3.93. The molecule has 0 aliphatic carbocycles. The molecule has 5 rings (SSSR count). The number of amides is 1. The van der Waals surface area contributed by atoms with Crippen LogP contribution in [0.1, 0.15) is 15.9 Å². The molecule has 0 aliphatic rings. The largest absolute Gasteiger partial charge is 0.348 e. The summed E-state index contributed by atoms with van der Waals surface area (Å²) in [4.78, 5) is 38.1. The van der Waals surface area contributed by atoms with Crippen LogP contribution in [0.2, 0.25) is 0 Å². The van der Waals surface area contributed by atoms with Crippen LogP contribution in [-0.2, 0) is 13.6 Å². The van der Waals surface area contributed by atoms with Crippen LogP contribution in [-0.4, -0.2) is 15.5 Å². The van der Waals surface area contributed by atoms with Crippen LogP contribution in [0.4, 0.5) is 0 Å². The molecular weight excluding hydrogens is 366 g/mol. The van der Waals surface area contributed by atoms with E-state index < -0.39 is 17.2 Å². The molecule has 142 valence electrons. The van der Waals surface area contributed by atoms with Gasteiger partial charge < -0.3 is 9.88 Å². The number of carbonyl (C=O) groups is 1. The minimum Gasteiger partial charge on any atom is -0.348 e. The molecule has 0 bridgehead atoms. The standard InChI is InChI=1S/C23H17N3O3/c1-26-12-18(22(28)25-23(26)29)21(27)24-11-16-8-7-15-6-5-13-3-2-4-14-9-10-17(16)20(15)19(13)14/h2-10,12H,11H2,1H3,(H,24,27)(H,25,28,29). The van der Waals surface area contributed by atoms with Gasteiger partial charge in [-0.1, -0.05) is 54.6 Å². The van der Waals surface area contributed by atoms with E-state index in [2.05, 4.69) is 52.8 Å². The fourth-order valence-corrected chi connectivity index (χ4v) is 3.95. The summed E-state index contributed by atoms with van der Waals surface area (Å²) in [6.45, 7) is 0.273. The first kappa shape index (κ1) is 17.2. The van der Waals surface area contributed by atoms with Crippen molar-refractivity contribution in [1.29, 1.82) is 0 Å². The molecule has 0 unspecified atom stereocenters. The highest BCUT2D eigenvalue weighted by molar-refractivity contribution is 6.23. The van der Waals surface area contributed by atoms with Gasteiger partial charge in [0, 0.05) is 19.8 Å². The van der Waals surface area contributed by atoms with Gasteiger partial charge in [0.25, 0.3) is 11.5 Å². The number of aromatic amines is 1. The molecule has 5 aromatic rings. The summed E-state index contributed by atoms with van der Waals surface area (Å²) in [6.07, 6.45) is 1.25. The third kappa shape index (κ3) is 2.69. The van der Waals surface area contributed by atoms with Crippen LogP contribution in [0, 0.1) is 0 Å². The summed E-state index contributed by atoms with van der Waals surface area (Å²) in [5, 5.41) is 9.77. The summed E-state index contributed by atoms with van der Waals surface area (Å²) < 4.78 is 1.17. The van der Waals surface area contributed by atoms with Crippen molar-refractivity contribution in [1.82, 2.24) is 14.9 Å². The highest BCUT2D eigenvalue weighted by Gasteiger charge is 2.14. The number of nitrogens with one attached hydrogen (secondary N) is 2. The van der Waals surface area contributed by atoms with Crippen LogP contribution in [0.3, 0.4) is 0 Å². The van der Waals surface area contributed by atoms with Crippen LogP contribution in [0.5, 0.6) is 0 Å². The summed E-state index contributed by atoms with van der Waals surface area (Å²) in [5.74, 6) is -0.521. The van der Waals surface area contributed by atoms with E-state index in [1.165, 1.54) is 39.4 Å². The lowest BCUT2D eigenvalue weighted by molar-refractivity contribution is 0.0948. The number of benzene rings is 4. The Bertz CT molecular complexity index is 1510. The van der Waals surface area contributed by atoms with Gasteiger partial charge in [-0.25, -0.2) is 4.79 Å². The normalized spacial score (nSPS) is 11.5. The van der Waals surface area contributed by atoms with Gasteiger partial charge in [-0.15, -0.1) is 0 Å². The van der Waals surface area contributed by atoms with Gasteiger partial charge in [0.15, 0.2) is 0 Å². The molecule has 0 saturated heterocycles. The minimum atomic E-state index is -0.694. The van der Waals surface area contributed by atoms with Crippen molar-refractivity contribution in [3.8, 4) is 0 Å². The van der Waals surface area contributed by atoms with E-state index in [1.54, 1.807) is 0 Å². The molecule has 1 aromatic heterocycles. The summed E-state index contributed by atoms with van der Waals surface area (Å²) >= 11 is 0. The molecule has 0 spiro atoms. The Morgan fingerprint density at radius 1 is 0.931 bits per heavy atom. The van der Waals surface area contributed by atoms with Gasteiger partial charge in [-0.3, -0.25) is 14.6 Å². The van der Waals surface area contributed by atoms with Crippen molar-refractivity contribution < 1.29 is 4.79 Å². The van der Waals surface area contributed by atoms with Crippen LogP contribution in [0.15, 0.2) is 70.4 Å². The van der Waals surface area contributed by atoms with Gasteiger partial charge in [-0.2, -0.15) is 0 Å². The first-order chi connectivity index (χ1) is 14.0. The van der Waals surface area contributed by atoms with Gasteiger partial charge in [0.2, 0.25) is 0 Å². The Balaban J connectivity index is 1.56. The van der Waals surface area contributed by atoms with Gasteiger partial charge in [0.05, 0.1) is 0 Å². The van der Waals surface area contributed by atoms with Crippen molar-refractivity contribution in [3.05, 3.63) is 92.8 Å². The van der Waals surface area contributed by atoms with Crippen molar-refractivity contribution >= 4 is 38.2 Å². The zero-order chi connectivity index (χ0) is 20.1. The van der Waals surface area contributed by atoms with Gasteiger partial charge >= 0.3 is 5.69 Å². The van der Waals surface area contributed by atoms with Crippen LogP contribution in [0.25, 0.3) is 32.3 Å². The van der Waals surface area contributed by atoms with Crippen LogP contribution < -0.4 is 16.6 Å². The molecular formula is C23H17N3O3. The van der Waals surface area contributed by atoms with Crippen LogP contribution >= 0.6 is 0 Å². The SMILES string of the molecule is Cn1cc(C(=O)NCc2ccc3ccc4cccc5ccc2c3c45)c(=O)[nH]c1=O. The quantitative estimate of drug-likeness (QED) is 0.470. The lowest BCUT2D eigenvalue weighted by Gasteiger charge is -2.14. The van der Waals surface area contributed by atoms with E-state index in [4.69, 9.17) is 0 Å². The van der Waals surface area contributed by atoms with E-state index in [9.17, 15) is 14.4 Å². The number of hydrogen-bond donors (Lipinski definition) is 2. The van der Waals surface area contributed by atoms with Gasteiger partial charge in [0.1, 0.15) is 5.56 Å². The number of H-pyrrole nitrogens is 1. The summed E-state index contributed by atoms with van der Waals surface area (Å²) in [6, 6.07) is 18.7. The molecule has 29 heavy (non-hydrogen) atoms. The summed E-state index contributed by atoms with van der Waals surface area (Å²) in [5.41, 5.74) is -0.380.